The Morgan fingerprint density at radius 3 is 2.52 bits per heavy atom. The molecule has 0 radical (unpaired) electrons. The van der Waals surface area contributed by atoms with Gasteiger partial charge >= 0.3 is 0 Å². The number of para-hydroxylation sites is 1. The van der Waals surface area contributed by atoms with Crippen LogP contribution < -0.4 is 10.1 Å². The average molecular weight is 438 g/mol. The quantitative estimate of drug-likeness (QED) is 0.720. The molecule has 1 amide bonds. The molecule has 0 aromatic heterocycles. The van der Waals surface area contributed by atoms with Crippen molar-refractivity contribution in [1.29, 1.82) is 0 Å². The summed E-state index contributed by atoms with van der Waals surface area (Å²) in [6.45, 7) is 5.07. The molecule has 1 N–H and O–H groups in total. The van der Waals surface area contributed by atoms with Gasteiger partial charge in [-0.2, -0.15) is 4.31 Å². The van der Waals surface area contributed by atoms with Gasteiger partial charge in [0.25, 0.3) is 5.91 Å². The number of likely N-dealkylation sites (N-methyl/N-ethyl adjacent to an activating group) is 1. The number of halogens is 1. The molecular weight excluding hydrogens is 414 g/mol. The SMILES string of the molecule is CCN1CCN(S(=O)(=O)c2cccc(NC(=O)COc3ccccc3Cl)c2)CC1. The highest BCUT2D eigenvalue weighted by Crippen LogP contribution is 2.23. The highest BCUT2D eigenvalue weighted by atomic mass is 35.5. The molecule has 0 saturated carbocycles. The first-order valence-corrected chi connectivity index (χ1v) is 11.2. The molecular formula is C20H24ClN3O4S. The monoisotopic (exact) mass is 437 g/mol. The van der Waals surface area contributed by atoms with Crippen LogP contribution in [-0.2, 0) is 14.8 Å². The number of sulfonamides is 1. The lowest BCUT2D eigenvalue weighted by Crippen LogP contribution is -2.48. The molecule has 1 saturated heterocycles. The number of carbonyl (C=O) groups excluding carboxylic acids is 1. The Labute approximate surface area is 176 Å². The van der Waals surface area contributed by atoms with Crippen LogP contribution in [0.5, 0.6) is 5.75 Å². The molecule has 0 aliphatic carbocycles. The second-order valence-electron chi connectivity index (χ2n) is 6.63. The zero-order valence-electron chi connectivity index (χ0n) is 16.2. The van der Waals surface area contributed by atoms with Crippen LogP contribution in [0.3, 0.4) is 0 Å². The summed E-state index contributed by atoms with van der Waals surface area (Å²) < 4.78 is 32.7. The van der Waals surface area contributed by atoms with E-state index in [0.29, 0.717) is 42.6 Å². The highest BCUT2D eigenvalue weighted by molar-refractivity contribution is 7.89. The molecule has 0 bridgehead atoms. The maximum absolute atomic E-state index is 12.9. The van der Waals surface area contributed by atoms with E-state index < -0.39 is 15.9 Å². The molecule has 0 unspecified atom stereocenters. The van der Waals surface area contributed by atoms with Crippen LogP contribution in [0.25, 0.3) is 0 Å². The van der Waals surface area contributed by atoms with E-state index in [0.717, 1.165) is 6.54 Å². The molecule has 0 atom stereocenters. The Kier molecular flexibility index (Phi) is 7.13. The van der Waals surface area contributed by atoms with Gasteiger partial charge in [0.1, 0.15) is 5.75 Å². The minimum absolute atomic E-state index is 0.160. The number of nitrogens with one attached hydrogen (secondary N) is 1. The van der Waals surface area contributed by atoms with Gasteiger partial charge in [-0.25, -0.2) is 8.42 Å². The molecule has 156 valence electrons. The number of piperazine rings is 1. The van der Waals surface area contributed by atoms with E-state index in [4.69, 9.17) is 16.3 Å². The fourth-order valence-corrected chi connectivity index (χ4v) is 4.73. The second-order valence-corrected chi connectivity index (χ2v) is 8.98. The lowest BCUT2D eigenvalue weighted by Gasteiger charge is -2.33. The standard InChI is InChI=1S/C20H24ClN3O4S/c1-2-23-10-12-24(13-11-23)29(26,27)17-7-5-6-16(14-17)22-20(25)15-28-19-9-4-3-8-18(19)21/h3-9,14H,2,10-13,15H2,1H3,(H,22,25). The minimum Gasteiger partial charge on any atom is -0.482 e. The molecule has 1 fully saturated rings. The first-order valence-electron chi connectivity index (χ1n) is 9.40. The largest absolute Gasteiger partial charge is 0.482 e. The van der Waals surface area contributed by atoms with E-state index in [1.165, 1.54) is 16.4 Å². The summed E-state index contributed by atoms with van der Waals surface area (Å²) >= 11 is 6.00. The van der Waals surface area contributed by atoms with Crippen molar-refractivity contribution < 1.29 is 17.9 Å². The Bertz CT molecular complexity index is 960. The van der Waals surface area contributed by atoms with Crippen LogP contribution in [0.15, 0.2) is 53.4 Å². The van der Waals surface area contributed by atoms with E-state index in [-0.39, 0.29) is 11.5 Å². The maximum Gasteiger partial charge on any atom is 0.262 e. The number of rotatable bonds is 7. The summed E-state index contributed by atoms with van der Waals surface area (Å²) in [4.78, 5) is 14.6. The van der Waals surface area contributed by atoms with Gasteiger partial charge in [-0.1, -0.05) is 36.7 Å². The molecule has 1 heterocycles. The van der Waals surface area contributed by atoms with Gasteiger partial charge in [0, 0.05) is 31.9 Å². The number of carbonyl (C=O) groups is 1. The molecule has 0 spiro atoms. The van der Waals surface area contributed by atoms with E-state index >= 15 is 0 Å². The average Bonchev–Trinajstić information content (AvgIpc) is 2.73. The van der Waals surface area contributed by atoms with Gasteiger partial charge in [0.15, 0.2) is 6.61 Å². The zero-order valence-corrected chi connectivity index (χ0v) is 17.7. The number of ether oxygens (including phenoxy) is 1. The third-order valence-corrected chi connectivity index (χ3v) is 6.94. The predicted molar refractivity (Wildman–Crippen MR) is 113 cm³/mol. The third-order valence-electron chi connectivity index (χ3n) is 4.73. The number of nitrogens with zero attached hydrogens (tertiary/aromatic N) is 2. The lowest BCUT2D eigenvalue weighted by molar-refractivity contribution is -0.118. The molecule has 1 aliphatic rings. The normalized spacial score (nSPS) is 15.8. The van der Waals surface area contributed by atoms with Crippen LogP contribution in [-0.4, -0.2) is 62.9 Å². The molecule has 7 nitrogen and oxygen atoms in total. The van der Waals surface area contributed by atoms with Crippen LogP contribution >= 0.6 is 11.6 Å². The lowest BCUT2D eigenvalue weighted by atomic mass is 10.3. The Hall–Kier alpha value is -2.13. The first-order chi connectivity index (χ1) is 13.9. The van der Waals surface area contributed by atoms with Crippen LogP contribution in [0.4, 0.5) is 5.69 Å². The molecule has 29 heavy (non-hydrogen) atoms. The van der Waals surface area contributed by atoms with Crippen molar-refractivity contribution in [2.45, 2.75) is 11.8 Å². The van der Waals surface area contributed by atoms with Gasteiger partial charge in [-0.3, -0.25) is 4.79 Å². The van der Waals surface area contributed by atoms with Gasteiger partial charge in [-0.05, 0) is 36.9 Å². The summed E-state index contributed by atoms with van der Waals surface area (Å²) in [6.07, 6.45) is 0. The van der Waals surface area contributed by atoms with Crippen molar-refractivity contribution in [2.75, 3.05) is 44.6 Å². The number of amides is 1. The van der Waals surface area contributed by atoms with E-state index in [9.17, 15) is 13.2 Å². The topological polar surface area (TPSA) is 79.0 Å². The van der Waals surface area contributed by atoms with Crippen molar-refractivity contribution in [1.82, 2.24) is 9.21 Å². The summed E-state index contributed by atoms with van der Waals surface area (Å²) in [7, 11) is -3.61. The van der Waals surface area contributed by atoms with Crippen LogP contribution in [0, 0.1) is 0 Å². The minimum atomic E-state index is -3.61. The van der Waals surface area contributed by atoms with Gasteiger partial charge in [-0.15, -0.1) is 0 Å². The predicted octanol–water partition coefficient (Wildman–Crippen LogP) is 2.68. The van der Waals surface area contributed by atoms with Crippen molar-refractivity contribution in [2.24, 2.45) is 0 Å². The molecule has 1 aliphatic heterocycles. The van der Waals surface area contributed by atoms with Gasteiger partial charge in [0.05, 0.1) is 9.92 Å². The van der Waals surface area contributed by atoms with Crippen molar-refractivity contribution in [3.8, 4) is 5.75 Å². The van der Waals surface area contributed by atoms with E-state index in [1.807, 2.05) is 0 Å². The van der Waals surface area contributed by atoms with Gasteiger partial charge in [0.2, 0.25) is 10.0 Å². The Balaban J connectivity index is 1.63. The Morgan fingerprint density at radius 1 is 1.10 bits per heavy atom. The number of hydrogen-bond acceptors (Lipinski definition) is 5. The fourth-order valence-electron chi connectivity index (χ4n) is 3.07. The van der Waals surface area contributed by atoms with Crippen molar-refractivity contribution >= 4 is 33.2 Å². The number of anilines is 1. The second kappa shape index (κ2) is 9.58. The van der Waals surface area contributed by atoms with Gasteiger partial charge < -0.3 is 15.0 Å². The van der Waals surface area contributed by atoms with Crippen LogP contribution in [0.2, 0.25) is 5.02 Å². The van der Waals surface area contributed by atoms with Crippen molar-refractivity contribution in [3.05, 3.63) is 53.6 Å². The first kappa shape index (κ1) is 21.6. The summed E-state index contributed by atoms with van der Waals surface area (Å²) in [6, 6.07) is 13.1. The summed E-state index contributed by atoms with van der Waals surface area (Å²) in [5.74, 6) is 0.00268. The molecule has 2 aromatic rings. The van der Waals surface area contributed by atoms with Crippen LogP contribution in [0.1, 0.15) is 6.92 Å². The van der Waals surface area contributed by atoms with E-state index in [1.54, 1.807) is 36.4 Å². The van der Waals surface area contributed by atoms with Crippen molar-refractivity contribution in [3.63, 3.8) is 0 Å². The smallest absolute Gasteiger partial charge is 0.262 e. The molecule has 9 heteroatoms. The Morgan fingerprint density at radius 2 is 1.83 bits per heavy atom. The molecule has 2 aromatic carbocycles. The molecule has 3 rings (SSSR count). The fraction of sp³-hybridized carbons (Fsp3) is 0.350. The summed E-state index contributed by atoms with van der Waals surface area (Å²) in [5, 5.41) is 3.08. The maximum atomic E-state index is 12.9. The third kappa shape index (κ3) is 5.48. The number of hydrogen-bond donors (Lipinski definition) is 1. The highest BCUT2D eigenvalue weighted by Gasteiger charge is 2.28. The number of benzene rings is 2. The zero-order chi connectivity index (χ0) is 20.9. The summed E-state index contributed by atoms with van der Waals surface area (Å²) in [5.41, 5.74) is 0.394. The van der Waals surface area contributed by atoms with E-state index in [2.05, 4.69) is 17.1 Å².